The third kappa shape index (κ3) is 4.80. The molecule has 0 radical (unpaired) electrons. The molecule has 2 aromatic heterocycles. The van der Waals surface area contributed by atoms with Gasteiger partial charge in [0.05, 0.1) is 25.0 Å². The number of carbonyl (C=O) groups is 1. The second-order valence-electron chi connectivity index (χ2n) is 9.04. The van der Waals surface area contributed by atoms with Crippen LogP contribution in [0.1, 0.15) is 58.6 Å². The molecule has 1 aromatic carbocycles. The number of amides is 1. The molecule has 8 nitrogen and oxygen atoms in total. The number of benzene rings is 1. The van der Waals surface area contributed by atoms with E-state index in [4.69, 9.17) is 9.15 Å². The molecule has 1 atom stereocenters. The van der Waals surface area contributed by atoms with Gasteiger partial charge >= 0.3 is 0 Å². The highest BCUT2D eigenvalue weighted by Crippen LogP contribution is 2.26. The lowest BCUT2D eigenvalue weighted by atomic mass is 10.0. The summed E-state index contributed by atoms with van der Waals surface area (Å²) in [4.78, 5) is 15.1. The summed E-state index contributed by atoms with van der Waals surface area (Å²) in [5.41, 5.74) is 4.30. The molecule has 0 saturated heterocycles. The Hall–Kier alpha value is -3.13. The Morgan fingerprint density at radius 1 is 1.15 bits per heavy atom. The van der Waals surface area contributed by atoms with E-state index >= 15 is 0 Å². The maximum Gasteiger partial charge on any atom is 0.255 e. The van der Waals surface area contributed by atoms with Crippen molar-refractivity contribution in [1.29, 1.82) is 0 Å². The molecule has 33 heavy (non-hydrogen) atoms. The lowest BCUT2D eigenvalue weighted by molar-refractivity contribution is 0.0921. The summed E-state index contributed by atoms with van der Waals surface area (Å²) < 4.78 is 12.7. The largest absolute Gasteiger partial charge is 0.496 e. The van der Waals surface area contributed by atoms with Crippen molar-refractivity contribution in [3.63, 3.8) is 0 Å². The average Bonchev–Trinajstić information content (AvgIpc) is 3.43. The van der Waals surface area contributed by atoms with Crippen molar-refractivity contribution in [2.45, 2.75) is 53.2 Å². The molecule has 0 bridgehead atoms. The van der Waals surface area contributed by atoms with Gasteiger partial charge in [0.15, 0.2) is 5.82 Å². The van der Waals surface area contributed by atoms with Crippen LogP contribution >= 0.6 is 0 Å². The van der Waals surface area contributed by atoms with E-state index in [1.165, 1.54) is 29.2 Å². The molecule has 1 unspecified atom stereocenters. The molecule has 1 aliphatic heterocycles. The average molecular weight is 452 g/mol. The number of carbonyl (C=O) groups excluding carboxylic acids is 1. The Morgan fingerprint density at radius 2 is 1.97 bits per heavy atom. The van der Waals surface area contributed by atoms with Crippen LogP contribution in [-0.2, 0) is 19.5 Å². The Morgan fingerprint density at radius 3 is 2.67 bits per heavy atom. The molecular formula is C25H33N5O3. The minimum atomic E-state index is -0.230. The highest BCUT2D eigenvalue weighted by Gasteiger charge is 2.28. The summed E-state index contributed by atoms with van der Waals surface area (Å²) >= 11 is 0. The number of hydrogen-bond acceptors (Lipinski definition) is 6. The van der Waals surface area contributed by atoms with Gasteiger partial charge in [-0.3, -0.25) is 9.69 Å². The molecular weight excluding hydrogens is 418 g/mol. The Bertz CT molecular complexity index is 1100. The predicted molar refractivity (Wildman–Crippen MR) is 125 cm³/mol. The van der Waals surface area contributed by atoms with Crippen LogP contribution in [0.3, 0.4) is 0 Å². The van der Waals surface area contributed by atoms with Crippen molar-refractivity contribution >= 4 is 5.91 Å². The van der Waals surface area contributed by atoms with Crippen molar-refractivity contribution in [2.24, 2.45) is 5.92 Å². The molecule has 1 aliphatic rings. The Kier molecular flexibility index (Phi) is 6.83. The number of nitrogens with zero attached hydrogens (tertiary/aromatic N) is 4. The Balaban J connectivity index is 1.49. The minimum Gasteiger partial charge on any atom is -0.496 e. The van der Waals surface area contributed by atoms with Crippen LogP contribution in [0.15, 0.2) is 35.1 Å². The lowest BCUT2D eigenvalue weighted by Crippen LogP contribution is -2.34. The van der Waals surface area contributed by atoms with Gasteiger partial charge in [-0.15, -0.1) is 10.2 Å². The molecule has 0 aliphatic carbocycles. The summed E-state index contributed by atoms with van der Waals surface area (Å²) in [6, 6.07) is 5.65. The molecule has 4 rings (SSSR count). The standard InChI is InChI=1S/C25H33N5O3/c1-16(2)23(26-25(31)20-9-13-33-15-20)24-28-27-22-8-10-29(11-12-30(22)24)14-19-6-7-21(32-5)18(4)17(19)3/h6-7,9,13,15-16,23H,8,10-12,14H2,1-5H3,(H,26,31). The van der Waals surface area contributed by atoms with Gasteiger partial charge in [-0.1, -0.05) is 19.9 Å². The number of ether oxygens (including phenoxy) is 1. The first-order chi connectivity index (χ1) is 15.9. The molecule has 1 amide bonds. The first-order valence-corrected chi connectivity index (χ1v) is 11.5. The third-order valence-electron chi connectivity index (χ3n) is 6.63. The van der Waals surface area contributed by atoms with Crippen molar-refractivity contribution in [3.8, 4) is 5.75 Å². The minimum absolute atomic E-state index is 0.165. The van der Waals surface area contributed by atoms with Gasteiger partial charge in [0.2, 0.25) is 0 Å². The smallest absolute Gasteiger partial charge is 0.255 e. The van der Waals surface area contributed by atoms with Gasteiger partial charge in [-0.05, 0) is 48.6 Å². The molecule has 0 fully saturated rings. The summed E-state index contributed by atoms with van der Waals surface area (Å²) in [7, 11) is 1.71. The first kappa shape index (κ1) is 23.0. The number of methoxy groups -OCH3 is 1. The topological polar surface area (TPSA) is 85.4 Å². The van der Waals surface area contributed by atoms with Crippen LogP contribution in [-0.4, -0.2) is 45.8 Å². The molecule has 3 heterocycles. The zero-order valence-corrected chi connectivity index (χ0v) is 20.1. The van der Waals surface area contributed by atoms with E-state index in [9.17, 15) is 4.79 Å². The summed E-state index contributed by atoms with van der Waals surface area (Å²) in [6.45, 7) is 11.9. The van der Waals surface area contributed by atoms with Crippen LogP contribution in [0.5, 0.6) is 5.75 Å². The predicted octanol–water partition coefficient (Wildman–Crippen LogP) is 3.68. The highest BCUT2D eigenvalue weighted by atomic mass is 16.5. The molecule has 3 aromatic rings. The normalized spacial score (nSPS) is 15.2. The maximum absolute atomic E-state index is 12.7. The van der Waals surface area contributed by atoms with Crippen LogP contribution in [0.25, 0.3) is 0 Å². The fourth-order valence-electron chi connectivity index (χ4n) is 4.41. The van der Waals surface area contributed by atoms with Gasteiger partial charge < -0.3 is 19.0 Å². The number of hydrogen-bond donors (Lipinski definition) is 1. The summed E-state index contributed by atoms with van der Waals surface area (Å²) in [5, 5.41) is 12.1. The van der Waals surface area contributed by atoms with Gasteiger partial charge in [0.25, 0.3) is 5.91 Å². The van der Waals surface area contributed by atoms with Gasteiger partial charge in [-0.25, -0.2) is 0 Å². The van der Waals surface area contributed by atoms with E-state index in [0.29, 0.717) is 5.56 Å². The zero-order valence-electron chi connectivity index (χ0n) is 20.1. The van der Waals surface area contributed by atoms with E-state index in [-0.39, 0.29) is 17.9 Å². The van der Waals surface area contributed by atoms with Crippen molar-refractivity contribution < 1.29 is 13.9 Å². The number of aromatic nitrogens is 3. The molecule has 8 heteroatoms. The summed E-state index contributed by atoms with van der Waals surface area (Å²) in [6.07, 6.45) is 3.78. The molecule has 0 spiro atoms. The second-order valence-corrected chi connectivity index (χ2v) is 9.04. The van der Waals surface area contributed by atoms with E-state index in [0.717, 1.165) is 50.0 Å². The SMILES string of the molecule is COc1ccc(CN2CCc3nnc(C(NC(=O)c4ccoc4)C(C)C)n3CC2)c(C)c1C. The number of fused-ring (bicyclic) bond motifs is 1. The quantitative estimate of drug-likeness (QED) is 0.590. The molecule has 176 valence electrons. The Labute approximate surface area is 194 Å². The van der Waals surface area contributed by atoms with Crippen LogP contribution in [0.4, 0.5) is 0 Å². The highest BCUT2D eigenvalue weighted by molar-refractivity contribution is 5.94. The van der Waals surface area contributed by atoms with E-state index < -0.39 is 0 Å². The third-order valence-corrected chi connectivity index (χ3v) is 6.63. The van der Waals surface area contributed by atoms with Crippen LogP contribution in [0, 0.1) is 19.8 Å². The van der Waals surface area contributed by atoms with E-state index in [2.05, 4.69) is 64.8 Å². The first-order valence-electron chi connectivity index (χ1n) is 11.5. The number of nitrogens with one attached hydrogen (secondary N) is 1. The lowest BCUT2D eigenvalue weighted by Gasteiger charge is -2.24. The molecule has 1 N–H and O–H groups in total. The summed E-state index contributed by atoms with van der Waals surface area (Å²) in [5.74, 6) is 2.72. The van der Waals surface area contributed by atoms with Crippen LogP contribution < -0.4 is 10.1 Å². The van der Waals surface area contributed by atoms with Crippen molar-refractivity contribution in [2.75, 3.05) is 20.2 Å². The van der Waals surface area contributed by atoms with E-state index in [1.807, 2.05) is 0 Å². The van der Waals surface area contributed by atoms with E-state index in [1.54, 1.807) is 13.2 Å². The fourth-order valence-corrected chi connectivity index (χ4v) is 4.41. The number of furan rings is 1. The monoisotopic (exact) mass is 451 g/mol. The molecule has 0 saturated carbocycles. The maximum atomic E-state index is 12.7. The fraction of sp³-hybridized carbons (Fsp3) is 0.480. The van der Waals surface area contributed by atoms with Gasteiger partial charge in [-0.2, -0.15) is 0 Å². The van der Waals surface area contributed by atoms with Gasteiger partial charge in [0.1, 0.15) is 17.8 Å². The van der Waals surface area contributed by atoms with Crippen LogP contribution in [0.2, 0.25) is 0 Å². The zero-order chi connectivity index (χ0) is 23.5. The van der Waals surface area contributed by atoms with Crippen molar-refractivity contribution in [1.82, 2.24) is 25.0 Å². The second kappa shape index (κ2) is 9.79. The van der Waals surface area contributed by atoms with Crippen molar-refractivity contribution in [3.05, 3.63) is 64.6 Å². The number of rotatable bonds is 7. The van der Waals surface area contributed by atoms with Gasteiger partial charge in [0, 0.05) is 32.6 Å².